The molecule has 1 atom stereocenters. The highest BCUT2D eigenvalue weighted by molar-refractivity contribution is 5.94. The van der Waals surface area contributed by atoms with Gasteiger partial charge in [-0.3, -0.25) is 9.78 Å². The fourth-order valence-electron chi connectivity index (χ4n) is 4.49. The van der Waals surface area contributed by atoms with Gasteiger partial charge in [0.25, 0.3) is 6.43 Å². The predicted octanol–water partition coefficient (Wildman–Crippen LogP) is 3.69. The van der Waals surface area contributed by atoms with Crippen LogP contribution in [0.5, 0.6) is 5.88 Å². The Balaban J connectivity index is 1.70. The number of anilines is 1. The van der Waals surface area contributed by atoms with Crippen molar-refractivity contribution in [3.63, 3.8) is 0 Å². The van der Waals surface area contributed by atoms with Crippen molar-refractivity contribution in [2.45, 2.75) is 37.8 Å². The van der Waals surface area contributed by atoms with Crippen LogP contribution in [0, 0.1) is 5.82 Å². The zero-order chi connectivity index (χ0) is 26.0. The number of amides is 1. The summed E-state index contributed by atoms with van der Waals surface area (Å²) in [5.41, 5.74) is -0.702. The average molecular weight is 505 g/mol. The Labute approximate surface area is 205 Å². The lowest BCUT2D eigenvalue weighted by Crippen LogP contribution is -2.46. The first kappa shape index (κ1) is 25.6. The van der Waals surface area contributed by atoms with Crippen LogP contribution in [0.2, 0.25) is 0 Å². The number of halogens is 3. The van der Waals surface area contributed by atoms with Crippen molar-refractivity contribution in [3.05, 3.63) is 59.2 Å². The first-order chi connectivity index (χ1) is 17.2. The van der Waals surface area contributed by atoms with Crippen LogP contribution in [0.1, 0.15) is 49.1 Å². The molecule has 1 aromatic carbocycles. The quantitative estimate of drug-likeness (QED) is 0.451. The van der Waals surface area contributed by atoms with Crippen molar-refractivity contribution >= 4 is 22.5 Å². The van der Waals surface area contributed by atoms with E-state index in [1.54, 1.807) is 19.1 Å². The molecule has 0 unspecified atom stereocenters. The van der Waals surface area contributed by atoms with Crippen molar-refractivity contribution in [2.24, 2.45) is 0 Å². The van der Waals surface area contributed by atoms with Gasteiger partial charge in [-0.1, -0.05) is 18.2 Å². The number of alkyl halides is 2. The first-order valence-electron chi connectivity index (χ1n) is 11.5. The summed E-state index contributed by atoms with van der Waals surface area (Å²) in [7, 11) is 1.42. The van der Waals surface area contributed by atoms with Gasteiger partial charge in [-0.25, -0.2) is 18.2 Å². The van der Waals surface area contributed by atoms with Crippen molar-refractivity contribution in [1.29, 1.82) is 0 Å². The molecule has 1 fully saturated rings. The maximum atomic E-state index is 14.7. The van der Waals surface area contributed by atoms with E-state index in [-0.39, 0.29) is 37.4 Å². The second kappa shape index (κ2) is 10.3. The average Bonchev–Trinajstić information content (AvgIpc) is 2.88. The molecule has 0 spiro atoms. The van der Waals surface area contributed by atoms with Gasteiger partial charge in [-0.2, -0.15) is 0 Å². The Kier molecular flexibility index (Phi) is 7.32. The molecule has 1 aliphatic heterocycles. The van der Waals surface area contributed by atoms with Crippen LogP contribution >= 0.6 is 0 Å². The number of ether oxygens (including phenoxy) is 1. The third-order valence-corrected chi connectivity index (χ3v) is 6.58. The fourth-order valence-corrected chi connectivity index (χ4v) is 4.49. The van der Waals surface area contributed by atoms with Gasteiger partial charge in [-0.15, -0.1) is 0 Å². The number of nitrogens with one attached hydrogen (secondary N) is 1. The molecule has 3 aromatic rings. The maximum Gasteiger partial charge on any atom is 0.266 e. The van der Waals surface area contributed by atoms with Gasteiger partial charge in [0.05, 0.1) is 24.4 Å². The highest BCUT2D eigenvalue weighted by atomic mass is 19.3. The van der Waals surface area contributed by atoms with Crippen molar-refractivity contribution < 1.29 is 32.9 Å². The number of hydrogen-bond donors (Lipinski definition) is 3. The van der Waals surface area contributed by atoms with E-state index in [1.165, 1.54) is 30.3 Å². The lowest BCUT2D eigenvalue weighted by atomic mass is 9.87. The molecule has 0 saturated carbocycles. The van der Waals surface area contributed by atoms with Crippen molar-refractivity contribution in [1.82, 2.24) is 14.9 Å². The molecule has 0 radical (unpaired) electrons. The number of aliphatic hydroxyl groups excluding tert-OH is 1. The van der Waals surface area contributed by atoms with Crippen LogP contribution in [0.25, 0.3) is 10.9 Å². The summed E-state index contributed by atoms with van der Waals surface area (Å²) >= 11 is 0. The normalized spacial score (nSPS) is 16.3. The number of aliphatic hydroxyl groups is 2. The van der Waals surface area contributed by atoms with Gasteiger partial charge in [0, 0.05) is 35.9 Å². The molecule has 36 heavy (non-hydrogen) atoms. The summed E-state index contributed by atoms with van der Waals surface area (Å²) in [5, 5.41) is 24.2. The van der Waals surface area contributed by atoms with Crippen molar-refractivity contribution in [3.8, 4) is 5.88 Å². The Bertz CT molecular complexity index is 1270. The molecule has 0 bridgehead atoms. The second-order valence-electron chi connectivity index (χ2n) is 8.76. The number of hydrogen-bond acceptors (Lipinski definition) is 7. The molecule has 1 saturated heterocycles. The van der Waals surface area contributed by atoms with Gasteiger partial charge in [0.2, 0.25) is 11.8 Å². The summed E-state index contributed by atoms with van der Waals surface area (Å²) in [5.74, 6) is -1.20. The molecule has 0 aliphatic carbocycles. The monoisotopic (exact) mass is 504 g/mol. The third kappa shape index (κ3) is 4.80. The van der Waals surface area contributed by atoms with E-state index >= 15 is 0 Å². The topological polar surface area (TPSA) is 108 Å². The second-order valence-corrected chi connectivity index (χ2v) is 8.76. The summed E-state index contributed by atoms with van der Waals surface area (Å²) in [6, 6.07) is 6.53. The van der Waals surface area contributed by atoms with Gasteiger partial charge < -0.3 is 25.2 Å². The highest BCUT2D eigenvalue weighted by Gasteiger charge is 2.37. The van der Waals surface area contributed by atoms with Crippen molar-refractivity contribution in [2.75, 3.05) is 32.1 Å². The van der Waals surface area contributed by atoms with E-state index in [2.05, 4.69) is 15.3 Å². The van der Waals surface area contributed by atoms with Crippen LogP contribution in [0.15, 0.2) is 36.5 Å². The molecular weight excluding hydrogens is 477 g/mol. The van der Waals surface area contributed by atoms with Gasteiger partial charge >= 0.3 is 0 Å². The summed E-state index contributed by atoms with van der Waals surface area (Å²) in [6.45, 7) is 1.54. The number of benzene rings is 1. The Morgan fingerprint density at radius 1 is 1.25 bits per heavy atom. The summed E-state index contributed by atoms with van der Waals surface area (Å²) in [6.07, 6.45) is -1.02. The summed E-state index contributed by atoms with van der Waals surface area (Å²) < 4.78 is 46.6. The SMILES string of the molecule is COc1nc(C2(O)CCN(C(=O)CO)CC2)cc2c(N[C@H](C)c3cccc(C(F)F)c3F)ccnc12. The van der Waals surface area contributed by atoms with Crippen LogP contribution in [-0.4, -0.2) is 57.8 Å². The Hall–Kier alpha value is -3.44. The number of pyridine rings is 2. The molecule has 1 amide bonds. The van der Waals surface area contributed by atoms with E-state index in [1.807, 2.05) is 0 Å². The van der Waals surface area contributed by atoms with Crippen LogP contribution in [0.4, 0.5) is 18.9 Å². The number of fused-ring (bicyclic) bond motifs is 1. The number of methoxy groups -OCH3 is 1. The molecule has 2 aromatic heterocycles. The van der Waals surface area contributed by atoms with E-state index in [4.69, 9.17) is 9.84 Å². The maximum absolute atomic E-state index is 14.7. The minimum absolute atomic E-state index is 0.0820. The number of likely N-dealkylation sites (tertiary alicyclic amines) is 1. The molecule has 11 heteroatoms. The number of rotatable bonds is 7. The number of aromatic nitrogens is 2. The molecule has 8 nitrogen and oxygen atoms in total. The minimum atomic E-state index is -2.93. The number of piperidine rings is 1. The van der Waals surface area contributed by atoms with Crippen LogP contribution in [0.3, 0.4) is 0 Å². The third-order valence-electron chi connectivity index (χ3n) is 6.58. The van der Waals surface area contributed by atoms with E-state index in [0.717, 1.165) is 6.07 Å². The lowest BCUT2D eigenvalue weighted by molar-refractivity contribution is -0.138. The predicted molar refractivity (Wildman–Crippen MR) is 126 cm³/mol. The van der Waals surface area contributed by atoms with E-state index < -0.39 is 42.0 Å². The molecule has 3 heterocycles. The van der Waals surface area contributed by atoms with E-state index in [0.29, 0.717) is 22.3 Å². The first-order valence-corrected chi connectivity index (χ1v) is 11.5. The molecule has 4 rings (SSSR count). The lowest BCUT2D eigenvalue weighted by Gasteiger charge is -2.37. The number of nitrogens with zero attached hydrogens (tertiary/aromatic N) is 3. The van der Waals surface area contributed by atoms with Crippen LogP contribution < -0.4 is 10.1 Å². The Morgan fingerprint density at radius 2 is 1.94 bits per heavy atom. The smallest absolute Gasteiger partial charge is 0.266 e. The highest BCUT2D eigenvalue weighted by Crippen LogP contribution is 2.38. The van der Waals surface area contributed by atoms with E-state index in [9.17, 15) is 23.1 Å². The minimum Gasteiger partial charge on any atom is -0.479 e. The number of carbonyl (C=O) groups excluding carboxylic acids is 1. The number of carbonyl (C=O) groups is 1. The zero-order valence-electron chi connectivity index (χ0n) is 19.8. The van der Waals surface area contributed by atoms with Crippen LogP contribution in [-0.2, 0) is 10.4 Å². The molecule has 1 aliphatic rings. The van der Waals surface area contributed by atoms with Gasteiger partial charge in [0.15, 0.2) is 0 Å². The summed E-state index contributed by atoms with van der Waals surface area (Å²) in [4.78, 5) is 22.1. The van der Waals surface area contributed by atoms with Gasteiger partial charge in [-0.05, 0) is 31.9 Å². The molecular formula is C25H27F3N4O4. The molecule has 192 valence electrons. The Morgan fingerprint density at radius 3 is 2.58 bits per heavy atom. The fraction of sp³-hybridized carbons (Fsp3) is 0.400. The largest absolute Gasteiger partial charge is 0.479 e. The van der Waals surface area contributed by atoms with Gasteiger partial charge in [0.1, 0.15) is 23.5 Å². The standard InChI is InChI=1S/C25H27F3N4O4/c1-14(15-4-3-5-16(21(15)26)23(27)28)30-18-6-9-29-22-17(18)12-19(31-24(22)36-2)25(35)7-10-32(11-8-25)20(34)13-33/h3-6,9,12,14,23,33,35H,7-8,10-11,13H2,1-2H3,(H,29,30)/t14-/m1/s1. The molecule has 3 N–H and O–H groups in total. The zero-order valence-corrected chi connectivity index (χ0v) is 19.8.